The number of carbonyl (C=O) groups is 2. The summed E-state index contributed by atoms with van der Waals surface area (Å²) in [6.45, 7) is 1.98. The van der Waals surface area contributed by atoms with Gasteiger partial charge in [0.15, 0.2) is 0 Å². The highest BCUT2D eigenvalue weighted by molar-refractivity contribution is 7.09. The molecule has 8 heteroatoms. The van der Waals surface area contributed by atoms with E-state index in [1.54, 1.807) is 40.7 Å². The van der Waals surface area contributed by atoms with E-state index in [9.17, 15) is 14.0 Å². The Kier molecular flexibility index (Phi) is 5.58. The van der Waals surface area contributed by atoms with Crippen molar-refractivity contribution in [3.63, 3.8) is 0 Å². The maximum Gasteiger partial charge on any atom is 0.274 e. The maximum atomic E-state index is 14.5. The van der Waals surface area contributed by atoms with Crippen molar-refractivity contribution in [2.75, 3.05) is 0 Å². The molecular weight excluding hydrogens is 425 g/mol. The Morgan fingerprint density at radius 3 is 2.80 bits per heavy atom. The van der Waals surface area contributed by atoms with Gasteiger partial charge in [-0.3, -0.25) is 9.59 Å². The Labute approximate surface area is 182 Å². The van der Waals surface area contributed by atoms with Crippen LogP contribution in [-0.4, -0.2) is 21.7 Å². The Morgan fingerprint density at radius 2 is 2.10 bits per heavy atom. The molecule has 1 aliphatic rings. The summed E-state index contributed by atoms with van der Waals surface area (Å²) in [6, 6.07) is 9.53. The average Bonchev–Trinajstić information content (AvgIpc) is 3.32. The second-order valence-electron chi connectivity index (χ2n) is 7.22. The topological polar surface area (TPSA) is 76.3 Å². The van der Waals surface area contributed by atoms with Crippen LogP contribution in [0.4, 0.5) is 4.39 Å². The van der Waals surface area contributed by atoms with Gasteiger partial charge in [-0.05, 0) is 54.7 Å². The fourth-order valence-corrected chi connectivity index (χ4v) is 4.78. The van der Waals surface area contributed by atoms with Crippen LogP contribution in [0.2, 0.25) is 5.02 Å². The summed E-state index contributed by atoms with van der Waals surface area (Å²) in [5, 5.41) is 0.285. The fourth-order valence-electron chi connectivity index (χ4n) is 4.00. The van der Waals surface area contributed by atoms with Crippen molar-refractivity contribution in [1.29, 1.82) is 0 Å². The molecule has 0 unspecified atom stereocenters. The summed E-state index contributed by atoms with van der Waals surface area (Å²) in [5.74, 6) is -1.20. The lowest BCUT2D eigenvalue weighted by molar-refractivity contribution is 0.0650. The summed E-state index contributed by atoms with van der Waals surface area (Å²) in [7, 11) is 0. The molecule has 154 valence electrons. The molecule has 1 aromatic heterocycles. The van der Waals surface area contributed by atoms with Crippen LogP contribution in [0.1, 0.15) is 54.9 Å². The molecule has 0 aliphatic heterocycles. The van der Waals surface area contributed by atoms with Crippen LogP contribution in [0.15, 0.2) is 41.9 Å². The molecule has 0 saturated carbocycles. The number of aromatic nitrogens is 1. The second-order valence-corrected chi connectivity index (χ2v) is 8.72. The largest absolute Gasteiger partial charge is 0.366 e. The molecule has 5 nitrogen and oxygen atoms in total. The molecule has 0 spiro atoms. The molecule has 0 fully saturated rings. The van der Waals surface area contributed by atoms with Crippen molar-refractivity contribution in [2.24, 2.45) is 5.73 Å². The number of nitrogens with two attached hydrogens (primary N) is 1. The van der Waals surface area contributed by atoms with Gasteiger partial charge >= 0.3 is 0 Å². The number of thiazole rings is 1. The molecule has 30 heavy (non-hydrogen) atoms. The van der Waals surface area contributed by atoms with E-state index in [4.69, 9.17) is 17.3 Å². The lowest BCUT2D eigenvalue weighted by atomic mass is 10.0. The zero-order chi connectivity index (χ0) is 21.4. The number of nitrogens with zero attached hydrogens (tertiary/aromatic N) is 2. The molecule has 4 rings (SSSR count). The van der Waals surface area contributed by atoms with Crippen molar-refractivity contribution in [1.82, 2.24) is 9.88 Å². The van der Waals surface area contributed by atoms with E-state index in [1.807, 2.05) is 6.92 Å². The number of amides is 2. The minimum absolute atomic E-state index is 0.146. The highest BCUT2D eigenvalue weighted by atomic mass is 35.5. The number of benzene rings is 2. The van der Waals surface area contributed by atoms with Crippen molar-refractivity contribution < 1.29 is 14.0 Å². The first-order valence-electron chi connectivity index (χ1n) is 9.43. The zero-order valence-electron chi connectivity index (χ0n) is 16.2. The van der Waals surface area contributed by atoms with Gasteiger partial charge in [-0.2, -0.15) is 0 Å². The summed E-state index contributed by atoms with van der Waals surface area (Å²) in [6.07, 6.45) is 1.06. The smallest absolute Gasteiger partial charge is 0.274 e. The lowest BCUT2D eigenvalue weighted by Gasteiger charge is -2.30. The maximum absolute atomic E-state index is 14.5. The summed E-state index contributed by atoms with van der Waals surface area (Å²) < 4.78 is 14.5. The minimum Gasteiger partial charge on any atom is -0.366 e. The average molecular weight is 444 g/mol. The number of primary amides is 1. The lowest BCUT2D eigenvalue weighted by Crippen LogP contribution is -2.35. The van der Waals surface area contributed by atoms with E-state index in [0.717, 1.165) is 4.88 Å². The third-order valence-electron chi connectivity index (χ3n) is 5.43. The first-order chi connectivity index (χ1) is 14.4. The molecular formula is C22H19ClFN3O2S. The summed E-state index contributed by atoms with van der Waals surface area (Å²) in [5.41, 5.74) is 9.75. The number of fused-ring (bicyclic) bond motifs is 1. The molecule has 2 N–H and O–H groups in total. The fraction of sp³-hybridized carbons (Fsp3) is 0.227. The number of rotatable bonds is 5. The number of halogens is 2. The SMILES string of the molecule is Cc1scnc1C(=O)N(Cc1ccccc1C(N)=O)[C@@H]1CCc2c(F)cc(Cl)cc21. The van der Waals surface area contributed by atoms with E-state index < -0.39 is 5.91 Å². The molecule has 1 heterocycles. The van der Waals surface area contributed by atoms with E-state index in [2.05, 4.69) is 4.98 Å². The molecule has 2 aromatic carbocycles. The van der Waals surface area contributed by atoms with Crippen LogP contribution in [0.25, 0.3) is 0 Å². The quantitative estimate of drug-likeness (QED) is 0.622. The summed E-state index contributed by atoms with van der Waals surface area (Å²) >= 11 is 7.50. The number of hydrogen-bond donors (Lipinski definition) is 1. The molecule has 0 saturated heterocycles. The van der Waals surface area contributed by atoms with Gasteiger partial charge in [0, 0.05) is 22.0 Å². The summed E-state index contributed by atoms with van der Waals surface area (Å²) in [4.78, 5) is 32.1. The third-order valence-corrected chi connectivity index (χ3v) is 6.41. The van der Waals surface area contributed by atoms with Crippen molar-refractivity contribution in [3.05, 3.63) is 85.6 Å². The molecule has 0 radical (unpaired) electrons. The van der Waals surface area contributed by atoms with E-state index in [1.165, 1.54) is 17.4 Å². The van der Waals surface area contributed by atoms with Gasteiger partial charge in [0.05, 0.1) is 11.6 Å². The van der Waals surface area contributed by atoms with Crippen molar-refractivity contribution in [2.45, 2.75) is 32.4 Å². The highest BCUT2D eigenvalue weighted by Gasteiger charge is 2.35. The molecule has 0 bridgehead atoms. The van der Waals surface area contributed by atoms with Crippen LogP contribution in [-0.2, 0) is 13.0 Å². The monoisotopic (exact) mass is 443 g/mol. The predicted molar refractivity (Wildman–Crippen MR) is 114 cm³/mol. The Morgan fingerprint density at radius 1 is 1.33 bits per heavy atom. The molecule has 1 aliphatic carbocycles. The van der Waals surface area contributed by atoms with Gasteiger partial charge in [0.2, 0.25) is 5.91 Å². The Bertz CT molecular complexity index is 1150. The van der Waals surface area contributed by atoms with E-state index in [0.29, 0.717) is 40.8 Å². The van der Waals surface area contributed by atoms with Gasteiger partial charge in [-0.1, -0.05) is 29.8 Å². The number of aryl methyl sites for hydroxylation is 1. The number of hydrogen-bond acceptors (Lipinski definition) is 4. The van der Waals surface area contributed by atoms with Gasteiger partial charge in [-0.25, -0.2) is 9.37 Å². The Balaban J connectivity index is 1.80. The Hall–Kier alpha value is -2.77. The minimum atomic E-state index is -0.566. The van der Waals surface area contributed by atoms with Gasteiger partial charge < -0.3 is 10.6 Å². The third kappa shape index (κ3) is 3.70. The molecule has 3 aromatic rings. The molecule has 1 atom stereocenters. The molecule has 2 amide bonds. The van der Waals surface area contributed by atoms with E-state index >= 15 is 0 Å². The van der Waals surface area contributed by atoms with Gasteiger partial charge in [0.1, 0.15) is 11.5 Å². The van der Waals surface area contributed by atoms with Crippen molar-refractivity contribution >= 4 is 34.8 Å². The predicted octanol–water partition coefficient (Wildman–Crippen LogP) is 4.67. The standard InChI is InChI=1S/C22H19ClFN3O2S/c1-12-20(26-11-30-12)22(29)27(10-13-4-2-3-5-15(13)21(25)28)19-7-6-16-17(19)8-14(23)9-18(16)24/h2-5,8-9,11,19H,6-7,10H2,1H3,(H2,25,28)/t19-/m1/s1. The van der Waals surface area contributed by atoms with Gasteiger partial charge in [0.25, 0.3) is 5.91 Å². The van der Waals surface area contributed by atoms with Crippen LogP contribution in [0.3, 0.4) is 0 Å². The van der Waals surface area contributed by atoms with E-state index in [-0.39, 0.29) is 29.3 Å². The van der Waals surface area contributed by atoms with Crippen LogP contribution < -0.4 is 5.73 Å². The van der Waals surface area contributed by atoms with Crippen LogP contribution in [0, 0.1) is 12.7 Å². The first-order valence-corrected chi connectivity index (χ1v) is 10.7. The van der Waals surface area contributed by atoms with Gasteiger partial charge in [-0.15, -0.1) is 11.3 Å². The highest BCUT2D eigenvalue weighted by Crippen LogP contribution is 2.40. The normalized spacial score (nSPS) is 15.1. The van der Waals surface area contributed by atoms with Crippen molar-refractivity contribution in [3.8, 4) is 0 Å². The number of carbonyl (C=O) groups excluding carboxylic acids is 2. The first kappa shape index (κ1) is 20.5. The second kappa shape index (κ2) is 8.16. The van der Waals surface area contributed by atoms with Crippen LogP contribution in [0.5, 0.6) is 0 Å². The zero-order valence-corrected chi connectivity index (χ0v) is 17.8. The van der Waals surface area contributed by atoms with Crippen LogP contribution >= 0.6 is 22.9 Å².